The zero-order chi connectivity index (χ0) is 12.9. The summed E-state index contributed by atoms with van der Waals surface area (Å²) in [5.74, 6) is 0. The Bertz CT molecular complexity index is 405. The molecule has 0 fully saturated rings. The summed E-state index contributed by atoms with van der Waals surface area (Å²) in [6.45, 7) is 0.614. The summed E-state index contributed by atoms with van der Waals surface area (Å²) >= 11 is 0. The van der Waals surface area contributed by atoms with E-state index in [0.717, 1.165) is 12.1 Å². The maximum atomic E-state index is 12.3. The minimum atomic E-state index is -4.33. The highest BCUT2D eigenvalue weighted by Gasteiger charge is 2.29. The molecule has 0 aliphatic carbocycles. The SMILES string of the molecule is CNC/C=C/C(=N)c1ccc(C(F)(F)F)cc1. The highest BCUT2D eigenvalue weighted by atomic mass is 19.4. The van der Waals surface area contributed by atoms with Gasteiger partial charge in [0.2, 0.25) is 0 Å². The van der Waals surface area contributed by atoms with Crippen LogP contribution in [-0.2, 0) is 6.18 Å². The van der Waals surface area contributed by atoms with Gasteiger partial charge in [-0.25, -0.2) is 0 Å². The largest absolute Gasteiger partial charge is 0.416 e. The lowest BCUT2D eigenvalue weighted by atomic mass is 10.1. The van der Waals surface area contributed by atoms with Crippen molar-refractivity contribution in [1.82, 2.24) is 5.32 Å². The minimum Gasteiger partial charge on any atom is -0.316 e. The topological polar surface area (TPSA) is 35.9 Å². The van der Waals surface area contributed by atoms with Crippen LogP contribution in [0.5, 0.6) is 0 Å². The van der Waals surface area contributed by atoms with Crippen LogP contribution in [0.25, 0.3) is 0 Å². The Hall–Kier alpha value is -1.62. The van der Waals surface area contributed by atoms with E-state index >= 15 is 0 Å². The molecule has 92 valence electrons. The number of rotatable bonds is 4. The van der Waals surface area contributed by atoms with Gasteiger partial charge in [-0.3, -0.25) is 0 Å². The summed E-state index contributed by atoms with van der Waals surface area (Å²) in [5, 5.41) is 10.5. The van der Waals surface area contributed by atoms with Crippen molar-refractivity contribution in [2.24, 2.45) is 0 Å². The molecule has 0 heterocycles. The number of hydrogen-bond acceptors (Lipinski definition) is 2. The molecule has 0 unspecified atom stereocenters. The van der Waals surface area contributed by atoms with Crippen LogP contribution in [0.15, 0.2) is 36.4 Å². The van der Waals surface area contributed by atoms with E-state index in [1.807, 2.05) is 0 Å². The number of alkyl halides is 3. The van der Waals surface area contributed by atoms with Gasteiger partial charge in [0.05, 0.1) is 11.3 Å². The minimum absolute atomic E-state index is 0.189. The first kappa shape index (κ1) is 13.4. The molecule has 5 heteroatoms. The Morgan fingerprint density at radius 1 is 1.29 bits per heavy atom. The summed E-state index contributed by atoms with van der Waals surface area (Å²) in [4.78, 5) is 0. The molecule has 0 spiro atoms. The smallest absolute Gasteiger partial charge is 0.316 e. The standard InChI is InChI=1S/C12H13F3N2/c1-17-8-2-3-11(16)9-4-6-10(7-5-9)12(13,14)15/h2-7,16-17H,8H2,1H3/b3-2+,16-11?. The predicted molar refractivity (Wildman–Crippen MR) is 61.3 cm³/mol. The van der Waals surface area contributed by atoms with Gasteiger partial charge in [0.15, 0.2) is 0 Å². The van der Waals surface area contributed by atoms with Crippen LogP contribution in [0, 0.1) is 5.41 Å². The van der Waals surface area contributed by atoms with Crippen molar-refractivity contribution in [3.05, 3.63) is 47.5 Å². The number of likely N-dealkylation sites (N-methyl/N-ethyl adjacent to an activating group) is 1. The molecule has 1 aromatic carbocycles. The third kappa shape index (κ3) is 4.03. The highest BCUT2D eigenvalue weighted by molar-refractivity contribution is 6.06. The van der Waals surface area contributed by atoms with Crippen molar-refractivity contribution in [2.75, 3.05) is 13.6 Å². The predicted octanol–water partition coefficient (Wildman–Crippen LogP) is 2.85. The fourth-order valence-corrected chi connectivity index (χ4v) is 1.23. The Kier molecular flexibility index (Phi) is 4.45. The molecule has 0 radical (unpaired) electrons. The van der Waals surface area contributed by atoms with E-state index in [0.29, 0.717) is 12.1 Å². The van der Waals surface area contributed by atoms with E-state index in [4.69, 9.17) is 5.41 Å². The lowest BCUT2D eigenvalue weighted by Gasteiger charge is -2.06. The Morgan fingerprint density at radius 3 is 2.35 bits per heavy atom. The van der Waals surface area contributed by atoms with E-state index < -0.39 is 11.7 Å². The van der Waals surface area contributed by atoms with Crippen LogP contribution in [0.4, 0.5) is 13.2 Å². The molecule has 0 amide bonds. The molecule has 0 bridgehead atoms. The van der Waals surface area contributed by atoms with Crippen molar-refractivity contribution in [3.8, 4) is 0 Å². The molecule has 0 aliphatic rings. The van der Waals surface area contributed by atoms with Crippen LogP contribution in [0.2, 0.25) is 0 Å². The second-order valence-corrected chi connectivity index (χ2v) is 3.45. The summed E-state index contributed by atoms with van der Waals surface area (Å²) in [6, 6.07) is 4.56. The first-order valence-corrected chi connectivity index (χ1v) is 5.02. The molecular weight excluding hydrogens is 229 g/mol. The average molecular weight is 242 g/mol. The Morgan fingerprint density at radius 2 is 1.88 bits per heavy atom. The Labute approximate surface area is 97.7 Å². The van der Waals surface area contributed by atoms with Gasteiger partial charge in [0, 0.05) is 6.54 Å². The molecule has 17 heavy (non-hydrogen) atoms. The zero-order valence-corrected chi connectivity index (χ0v) is 9.31. The van der Waals surface area contributed by atoms with Gasteiger partial charge in [0.1, 0.15) is 0 Å². The van der Waals surface area contributed by atoms with Crippen LogP contribution in [-0.4, -0.2) is 19.3 Å². The highest BCUT2D eigenvalue weighted by Crippen LogP contribution is 2.29. The van der Waals surface area contributed by atoms with E-state index in [9.17, 15) is 13.2 Å². The zero-order valence-electron chi connectivity index (χ0n) is 9.31. The third-order valence-electron chi connectivity index (χ3n) is 2.13. The summed E-state index contributed by atoms with van der Waals surface area (Å²) in [6.07, 6.45) is -1.04. The van der Waals surface area contributed by atoms with Crippen molar-refractivity contribution in [2.45, 2.75) is 6.18 Å². The number of benzene rings is 1. The van der Waals surface area contributed by atoms with Gasteiger partial charge in [-0.05, 0) is 30.8 Å². The molecular formula is C12H13F3N2. The lowest BCUT2D eigenvalue weighted by Crippen LogP contribution is -2.06. The molecule has 0 atom stereocenters. The Balaban J connectivity index is 2.78. The first-order chi connectivity index (χ1) is 7.95. The van der Waals surface area contributed by atoms with Gasteiger partial charge < -0.3 is 10.7 Å². The van der Waals surface area contributed by atoms with Gasteiger partial charge in [-0.15, -0.1) is 0 Å². The molecule has 0 saturated heterocycles. The van der Waals surface area contributed by atoms with Crippen molar-refractivity contribution in [1.29, 1.82) is 5.41 Å². The maximum Gasteiger partial charge on any atom is 0.416 e. The van der Waals surface area contributed by atoms with Gasteiger partial charge in [-0.1, -0.05) is 18.2 Å². The fraction of sp³-hybridized carbons (Fsp3) is 0.250. The molecule has 0 aromatic heterocycles. The normalized spacial score (nSPS) is 12.0. The second kappa shape index (κ2) is 5.63. The van der Waals surface area contributed by atoms with E-state index in [1.54, 1.807) is 19.2 Å². The monoisotopic (exact) mass is 242 g/mol. The average Bonchev–Trinajstić information content (AvgIpc) is 2.28. The third-order valence-corrected chi connectivity index (χ3v) is 2.13. The van der Waals surface area contributed by atoms with Gasteiger partial charge >= 0.3 is 6.18 Å². The van der Waals surface area contributed by atoms with Crippen LogP contribution in [0.1, 0.15) is 11.1 Å². The van der Waals surface area contributed by atoms with E-state index in [2.05, 4.69) is 5.32 Å². The number of allylic oxidation sites excluding steroid dienone is 1. The van der Waals surface area contributed by atoms with E-state index in [-0.39, 0.29) is 5.71 Å². The lowest BCUT2D eigenvalue weighted by molar-refractivity contribution is -0.137. The number of halogens is 3. The maximum absolute atomic E-state index is 12.3. The fourth-order valence-electron chi connectivity index (χ4n) is 1.23. The van der Waals surface area contributed by atoms with Crippen molar-refractivity contribution in [3.63, 3.8) is 0 Å². The van der Waals surface area contributed by atoms with Crippen LogP contribution >= 0.6 is 0 Å². The molecule has 2 nitrogen and oxygen atoms in total. The van der Waals surface area contributed by atoms with Crippen LogP contribution in [0.3, 0.4) is 0 Å². The molecule has 1 rings (SSSR count). The molecule has 0 aliphatic heterocycles. The van der Waals surface area contributed by atoms with Gasteiger partial charge in [-0.2, -0.15) is 13.2 Å². The summed E-state index contributed by atoms with van der Waals surface area (Å²) in [5.41, 5.74) is -0.0485. The number of nitrogens with one attached hydrogen (secondary N) is 2. The second-order valence-electron chi connectivity index (χ2n) is 3.45. The molecule has 1 aromatic rings. The summed E-state index contributed by atoms with van der Waals surface area (Å²) < 4.78 is 36.9. The van der Waals surface area contributed by atoms with Gasteiger partial charge in [0.25, 0.3) is 0 Å². The molecule has 2 N–H and O–H groups in total. The molecule has 0 saturated carbocycles. The van der Waals surface area contributed by atoms with Crippen LogP contribution < -0.4 is 5.32 Å². The number of hydrogen-bond donors (Lipinski definition) is 2. The first-order valence-electron chi connectivity index (χ1n) is 5.02. The summed E-state index contributed by atoms with van der Waals surface area (Å²) in [7, 11) is 1.77. The van der Waals surface area contributed by atoms with E-state index in [1.165, 1.54) is 12.1 Å². The quantitative estimate of drug-likeness (QED) is 0.782. The van der Waals surface area contributed by atoms with Crippen molar-refractivity contribution < 1.29 is 13.2 Å². The van der Waals surface area contributed by atoms with Crippen molar-refractivity contribution >= 4 is 5.71 Å².